The van der Waals surface area contributed by atoms with Crippen LogP contribution in [0.2, 0.25) is 0 Å². The summed E-state index contributed by atoms with van der Waals surface area (Å²) in [5.74, 6) is 5.24. The van der Waals surface area contributed by atoms with Gasteiger partial charge >= 0.3 is 0 Å². The minimum absolute atomic E-state index is 0.142. The molecule has 4 fully saturated rings. The molecule has 3 nitrogen and oxygen atoms in total. The van der Waals surface area contributed by atoms with Crippen molar-refractivity contribution in [2.24, 2.45) is 46.8 Å². The fourth-order valence-corrected chi connectivity index (χ4v) is 9.00. The maximum absolute atomic E-state index is 13.6. The minimum Gasteiger partial charge on any atom is -0.381 e. The lowest BCUT2D eigenvalue weighted by atomic mass is 9.49. The van der Waals surface area contributed by atoms with E-state index in [2.05, 4.69) is 13.8 Å². The normalized spacial score (nSPS) is 39.1. The fourth-order valence-electron chi connectivity index (χ4n) is 9.00. The van der Waals surface area contributed by atoms with Crippen molar-refractivity contribution in [2.75, 3.05) is 20.3 Å². The smallest absolute Gasteiger partial charge is 0.226 e. The number of fused-ring (bicyclic) bond motifs is 5. The van der Waals surface area contributed by atoms with Crippen LogP contribution >= 0.6 is 0 Å². The number of benzene rings is 1. The number of carbonyl (C=O) groups is 1. The van der Waals surface area contributed by atoms with Crippen LogP contribution in [0, 0.1) is 52.7 Å². The molecule has 1 aromatic rings. The van der Waals surface area contributed by atoms with Crippen LogP contribution in [0.3, 0.4) is 0 Å². The van der Waals surface area contributed by atoms with E-state index in [0.717, 1.165) is 54.8 Å². The molecule has 34 heavy (non-hydrogen) atoms. The molecule has 0 spiro atoms. The van der Waals surface area contributed by atoms with E-state index >= 15 is 0 Å². The first-order valence-corrected chi connectivity index (χ1v) is 14.0. The van der Waals surface area contributed by atoms with Crippen LogP contribution in [0.4, 0.5) is 4.39 Å². The molecule has 4 heteroatoms. The first-order valence-electron chi connectivity index (χ1n) is 14.0. The molecule has 1 amide bonds. The van der Waals surface area contributed by atoms with E-state index < -0.39 is 0 Å². The van der Waals surface area contributed by atoms with Gasteiger partial charge in [-0.1, -0.05) is 19.1 Å². The van der Waals surface area contributed by atoms with Gasteiger partial charge in [0.1, 0.15) is 5.82 Å². The molecular weight excluding hydrogens is 425 g/mol. The van der Waals surface area contributed by atoms with Crippen LogP contribution in [-0.4, -0.2) is 31.1 Å². The predicted molar refractivity (Wildman–Crippen MR) is 133 cm³/mol. The summed E-state index contributed by atoms with van der Waals surface area (Å²) in [5.41, 5.74) is 1.15. The highest BCUT2D eigenvalue weighted by Gasteiger charge is 2.58. The molecule has 4 aliphatic carbocycles. The molecule has 4 saturated carbocycles. The highest BCUT2D eigenvalue weighted by Crippen LogP contribution is 2.64. The van der Waals surface area contributed by atoms with Crippen molar-refractivity contribution in [2.45, 2.75) is 78.2 Å². The van der Waals surface area contributed by atoms with Crippen molar-refractivity contribution in [3.63, 3.8) is 0 Å². The lowest BCUT2D eigenvalue weighted by Gasteiger charge is -2.56. The molecule has 8 atom stereocenters. The lowest BCUT2D eigenvalue weighted by molar-refractivity contribution is -0.142. The van der Waals surface area contributed by atoms with Gasteiger partial charge in [-0.05, 0) is 123 Å². The summed E-state index contributed by atoms with van der Waals surface area (Å²) < 4.78 is 19.1. The molecule has 4 aliphatic rings. The molecule has 6 unspecified atom stereocenters. The van der Waals surface area contributed by atoms with E-state index in [9.17, 15) is 9.18 Å². The number of hydrogen-bond donors (Lipinski definition) is 0. The average molecular weight is 470 g/mol. The zero-order valence-electron chi connectivity index (χ0n) is 21.5. The van der Waals surface area contributed by atoms with Crippen molar-refractivity contribution in [1.82, 2.24) is 4.90 Å². The zero-order valence-corrected chi connectivity index (χ0v) is 21.5. The molecule has 5 rings (SSSR count). The molecule has 0 saturated heterocycles. The Balaban J connectivity index is 1.24. The maximum Gasteiger partial charge on any atom is 0.226 e. The van der Waals surface area contributed by atoms with Crippen molar-refractivity contribution >= 4 is 5.91 Å². The lowest BCUT2D eigenvalue weighted by Crippen LogP contribution is -2.50. The maximum atomic E-state index is 13.6. The topological polar surface area (TPSA) is 29.5 Å². The van der Waals surface area contributed by atoms with Crippen LogP contribution in [-0.2, 0) is 16.1 Å². The summed E-state index contributed by atoms with van der Waals surface area (Å²) in [5, 5.41) is 0. The molecule has 0 aromatic heterocycles. The Morgan fingerprint density at radius 2 is 1.79 bits per heavy atom. The summed E-state index contributed by atoms with van der Waals surface area (Å²) in [6.07, 6.45) is 11.7. The third-order valence-electron chi connectivity index (χ3n) is 10.6. The van der Waals surface area contributed by atoms with Gasteiger partial charge in [0.25, 0.3) is 0 Å². The Kier molecular flexibility index (Phi) is 7.08. The summed E-state index contributed by atoms with van der Waals surface area (Å²) in [6.45, 7) is 6.92. The monoisotopic (exact) mass is 469 g/mol. The molecule has 0 radical (unpaired) electrons. The van der Waals surface area contributed by atoms with Gasteiger partial charge in [0.05, 0.1) is 0 Å². The summed E-state index contributed by atoms with van der Waals surface area (Å²) in [6, 6.07) is 6.57. The molecule has 0 aliphatic heterocycles. The quantitative estimate of drug-likeness (QED) is 0.464. The van der Waals surface area contributed by atoms with Gasteiger partial charge in [0, 0.05) is 32.7 Å². The van der Waals surface area contributed by atoms with Gasteiger partial charge in [-0.3, -0.25) is 4.79 Å². The second kappa shape index (κ2) is 9.91. The number of carbonyl (C=O) groups excluding carboxylic acids is 1. The molecule has 188 valence electrons. The average Bonchev–Trinajstić information content (AvgIpc) is 3.20. The van der Waals surface area contributed by atoms with Gasteiger partial charge in [-0.2, -0.15) is 0 Å². The second-order valence-electron chi connectivity index (χ2n) is 12.3. The van der Waals surface area contributed by atoms with E-state index in [1.165, 1.54) is 63.5 Å². The highest BCUT2D eigenvalue weighted by atomic mass is 19.1. The Hall–Kier alpha value is -1.42. The van der Waals surface area contributed by atoms with Crippen LogP contribution in [0.5, 0.6) is 0 Å². The van der Waals surface area contributed by atoms with E-state index in [1.54, 1.807) is 12.1 Å². The number of rotatable bonds is 6. The molecule has 0 N–H and O–H groups in total. The number of halogens is 1. The van der Waals surface area contributed by atoms with Gasteiger partial charge in [-0.15, -0.1) is 0 Å². The van der Waals surface area contributed by atoms with Crippen LogP contribution < -0.4 is 0 Å². The zero-order chi connectivity index (χ0) is 23.9. The van der Waals surface area contributed by atoms with E-state index in [1.807, 2.05) is 11.9 Å². The number of hydrogen-bond acceptors (Lipinski definition) is 2. The van der Waals surface area contributed by atoms with Crippen molar-refractivity contribution in [3.8, 4) is 0 Å². The Morgan fingerprint density at radius 1 is 1.03 bits per heavy atom. The van der Waals surface area contributed by atoms with Gasteiger partial charge in [0.2, 0.25) is 5.91 Å². The first kappa shape index (κ1) is 24.3. The van der Waals surface area contributed by atoms with Gasteiger partial charge in [0.15, 0.2) is 0 Å². The largest absolute Gasteiger partial charge is 0.381 e. The fraction of sp³-hybridized carbons (Fsp3) is 0.767. The third-order valence-corrected chi connectivity index (χ3v) is 10.6. The van der Waals surface area contributed by atoms with Crippen LogP contribution in [0.1, 0.15) is 77.2 Å². The molecular formula is C30H44FNO2. The van der Waals surface area contributed by atoms with Gasteiger partial charge < -0.3 is 9.64 Å². The number of amides is 1. The summed E-state index contributed by atoms with van der Waals surface area (Å²) in [4.78, 5) is 15.5. The minimum atomic E-state index is -0.224. The van der Waals surface area contributed by atoms with Crippen LogP contribution in [0.15, 0.2) is 24.3 Å². The first-order chi connectivity index (χ1) is 16.4. The van der Waals surface area contributed by atoms with Crippen molar-refractivity contribution in [1.29, 1.82) is 0 Å². The van der Waals surface area contributed by atoms with Crippen LogP contribution in [0.25, 0.3) is 0 Å². The standard InChI is InChI=1S/C30H44FNO2/c1-4-34-19-21-7-11-24-22(17-21)8-12-26-25(24)15-16-30(2)27(26)13-14-28(30)29(33)32(3)18-20-5-9-23(31)10-6-20/h5-6,9-10,21-22,24-28H,4,7-8,11-19H2,1-3H3/t21-,22?,24?,25?,26?,27?,28+,30?/m0/s1. The predicted octanol–water partition coefficient (Wildman–Crippen LogP) is 6.71. The van der Waals surface area contributed by atoms with Crippen molar-refractivity contribution in [3.05, 3.63) is 35.6 Å². The number of ether oxygens (including phenoxy) is 1. The Bertz CT molecular complexity index is 856. The number of nitrogens with zero attached hydrogens (tertiary/aromatic N) is 1. The molecule has 0 heterocycles. The summed E-state index contributed by atoms with van der Waals surface area (Å²) in [7, 11) is 1.93. The van der Waals surface area contributed by atoms with E-state index in [0.29, 0.717) is 18.4 Å². The molecule has 1 aromatic carbocycles. The molecule has 0 bridgehead atoms. The van der Waals surface area contributed by atoms with Crippen molar-refractivity contribution < 1.29 is 13.9 Å². The highest BCUT2D eigenvalue weighted by molar-refractivity contribution is 5.80. The second-order valence-corrected chi connectivity index (χ2v) is 12.3. The van der Waals surface area contributed by atoms with Gasteiger partial charge in [-0.25, -0.2) is 4.39 Å². The Labute approximate surface area is 205 Å². The van der Waals surface area contributed by atoms with E-state index in [-0.39, 0.29) is 17.2 Å². The third kappa shape index (κ3) is 4.45. The van der Waals surface area contributed by atoms with E-state index in [4.69, 9.17) is 4.74 Å². The summed E-state index contributed by atoms with van der Waals surface area (Å²) >= 11 is 0. The Morgan fingerprint density at radius 3 is 2.56 bits per heavy atom. The SMILES string of the molecule is CCOC[C@H]1CCC2C(CCC3C2CCC2(C)C3CC[C@@H]2C(=O)N(C)Cc2ccc(F)cc2)C1.